The van der Waals surface area contributed by atoms with Crippen LogP contribution in [0.3, 0.4) is 0 Å². The summed E-state index contributed by atoms with van der Waals surface area (Å²) in [5, 5.41) is 14.8. The van der Waals surface area contributed by atoms with Crippen LogP contribution in [0.25, 0.3) is 5.69 Å². The number of hydrogen-bond donors (Lipinski definition) is 2. The molecule has 1 aliphatic rings. The second kappa shape index (κ2) is 13.7. The van der Waals surface area contributed by atoms with Crippen LogP contribution >= 0.6 is 48.0 Å². The minimum Gasteiger partial charge on any atom is -0.390 e. The van der Waals surface area contributed by atoms with Crippen LogP contribution in [-0.2, 0) is 0 Å². The Bertz CT molecular complexity index is 1210. The van der Waals surface area contributed by atoms with Crippen molar-refractivity contribution >= 4 is 59.6 Å². The number of imidazole rings is 1. The number of benzene rings is 2. The van der Waals surface area contributed by atoms with Crippen LogP contribution in [0.2, 0.25) is 10.0 Å². The molecule has 2 heterocycles. The predicted molar refractivity (Wildman–Crippen MR) is 156 cm³/mol. The Labute approximate surface area is 240 Å². The number of nitrogens with zero attached hydrogens (tertiary/aromatic N) is 4. The lowest BCUT2D eigenvalue weighted by molar-refractivity contribution is 0.0847. The molecule has 0 saturated carbocycles. The van der Waals surface area contributed by atoms with E-state index in [-0.39, 0.29) is 37.3 Å². The van der Waals surface area contributed by atoms with Crippen molar-refractivity contribution in [2.75, 3.05) is 44.2 Å². The van der Waals surface area contributed by atoms with Crippen LogP contribution in [0.4, 0.5) is 5.69 Å². The van der Waals surface area contributed by atoms with Crippen molar-refractivity contribution in [2.45, 2.75) is 26.9 Å². The second-order valence-electron chi connectivity index (χ2n) is 8.94. The number of amides is 1. The lowest BCUT2D eigenvalue weighted by atomic mass is 10.1. The highest BCUT2D eigenvalue weighted by Gasteiger charge is 2.23. The first-order chi connectivity index (χ1) is 16.7. The molecule has 1 unspecified atom stereocenters. The van der Waals surface area contributed by atoms with Gasteiger partial charge in [0.15, 0.2) is 0 Å². The van der Waals surface area contributed by atoms with E-state index in [1.165, 1.54) is 0 Å². The van der Waals surface area contributed by atoms with E-state index < -0.39 is 6.10 Å². The zero-order chi connectivity index (χ0) is 25.1. The molecule has 0 radical (unpaired) electrons. The standard InChI is InChI=1S/C26H31Cl2N5O2.2ClH/c1-17-23(28)8-5-9-24(17)32-12-10-31(11-13-32)16-22(34)15-29-26(35)25-18(2)33(19(3)30-25)21-7-4-6-20(27)14-21;;/h4-9,14,22,34H,10-13,15-16H2,1-3H3,(H,29,35);2*1H. The normalized spacial score (nSPS) is 14.5. The van der Waals surface area contributed by atoms with Crippen LogP contribution in [0.5, 0.6) is 0 Å². The van der Waals surface area contributed by atoms with Gasteiger partial charge in [0.2, 0.25) is 0 Å². The third kappa shape index (κ3) is 7.31. The van der Waals surface area contributed by atoms with Crippen LogP contribution in [0, 0.1) is 20.8 Å². The zero-order valence-corrected chi connectivity index (χ0v) is 24.2. The molecule has 37 heavy (non-hydrogen) atoms. The van der Waals surface area contributed by atoms with Gasteiger partial charge >= 0.3 is 0 Å². The summed E-state index contributed by atoms with van der Waals surface area (Å²) in [4.78, 5) is 21.8. The summed E-state index contributed by atoms with van der Waals surface area (Å²) in [5.74, 6) is 0.398. The lowest BCUT2D eigenvalue weighted by Crippen LogP contribution is -2.50. The molecule has 0 bridgehead atoms. The number of aromatic nitrogens is 2. The van der Waals surface area contributed by atoms with Crippen LogP contribution in [-0.4, -0.2) is 70.8 Å². The van der Waals surface area contributed by atoms with E-state index in [4.69, 9.17) is 23.2 Å². The summed E-state index contributed by atoms with van der Waals surface area (Å²) < 4.78 is 1.90. The summed E-state index contributed by atoms with van der Waals surface area (Å²) >= 11 is 12.4. The number of anilines is 1. The second-order valence-corrected chi connectivity index (χ2v) is 9.79. The predicted octanol–water partition coefficient (Wildman–Crippen LogP) is 4.86. The van der Waals surface area contributed by atoms with Crippen LogP contribution in [0.15, 0.2) is 42.5 Å². The van der Waals surface area contributed by atoms with Gasteiger partial charge in [-0.2, -0.15) is 0 Å². The molecule has 1 amide bonds. The molecule has 2 aromatic carbocycles. The maximum absolute atomic E-state index is 12.8. The van der Waals surface area contributed by atoms with Crippen molar-refractivity contribution in [3.05, 3.63) is 75.3 Å². The average Bonchev–Trinajstić information content (AvgIpc) is 3.13. The minimum atomic E-state index is -0.671. The third-order valence-corrected chi connectivity index (χ3v) is 7.12. The fourth-order valence-electron chi connectivity index (χ4n) is 4.62. The number of β-amino-alcohol motifs (C(OH)–C–C–N with tert-alkyl or cyclic N) is 1. The van der Waals surface area contributed by atoms with E-state index in [0.717, 1.165) is 53.8 Å². The summed E-state index contributed by atoms with van der Waals surface area (Å²) in [6.07, 6.45) is -0.671. The van der Waals surface area contributed by atoms with Crippen LogP contribution in [0.1, 0.15) is 27.6 Å². The smallest absolute Gasteiger partial charge is 0.271 e. The Hall–Kier alpha value is -2.00. The maximum Gasteiger partial charge on any atom is 0.271 e. The zero-order valence-electron chi connectivity index (χ0n) is 21.1. The van der Waals surface area contributed by atoms with Gasteiger partial charge in [0.05, 0.1) is 11.8 Å². The summed E-state index contributed by atoms with van der Waals surface area (Å²) in [7, 11) is 0. The number of halogens is 4. The van der Waals surface area contributed by atoms with Crippen molar-refractivity contribution in [1.82, 2.24) is 19.8 Å². The van der Waals surface area contributed by atoms with Gasteiger partial charge in [-0.25, -0.2) is 4.98 Å². The largest absolute Gasteiger partial charge is 0.390 e. The molecule has 7 nitrogen and oxygen atoms in total. The molecule has 3 aromatic rings. The van der Waals surface area contributed by atoms with E-state index >= 15 is 0 Å². The monoisotopic (exact) mass is 587 g/mol. The SMILES string of the molecule is Cc1c(Cl)cccc1N1CCN(CC(O)CNC(=O)c2nc(C)n(-c3cccc(Cl)c3)c2C)CC1.Cl.Cl. The number of piperazine rings is 1. The Kier molecular flexibility index (Phi) is 11.6. The highest BCUT2D eigenvalue weighted by molar-refractivity contribution is 6.31. The molecule has 11 heteroatoms. The number of carbonyl (C=O) groups is 1. The lowest BCUT2D eigenvalue weighted by Gasteiger charge is -2.37. The number of aryl methyl sites for hydroxylation is 1. The van der Waals surface area contributed by atoms with Gasteiger partial charge < -0.3 is 19.9 Å². The molecular weight excluding hydrogens is 556 g/mol. The van der Waals surface area contributed by atoms with E-state index in [2.05, 4.69) is 26.2 Å². The van der Waals surface area contributed by atoms with E-state index in [9.17, 15) is 9.90 Å². The molecule has 4 rings (SSSR count). The number of nitrogens with one attached hydrogen (secondary N) is 1. The molecule has 2 N–H and O–H groups in total. The molecule has 1 aliphatic heterocycles. The fourth-order valence-corrected chi connectivity index (χ4v) is 4.97. The molecule has 0 spiro atoms. The van der Waals surface area contributed by atoms with E-state index in [1.54, 1.807) is 6.07 Å². The Morgan fingerprint density at radius 2 is 1.73 bits per heavy atom. The van der Waals surface area contributed by atoms with Crippen molar-refractivity contribution in [3.63, 3.8) is 0 Å². The molecule has 1 aromatic heterocycles. The highest BCUT2D eigenvalue weighted by atomic mass is 35.5. The van der Waals surface area contributed by atoms with Gasteiger partial charge in [-0.3, -0.25) is 9.69 Å². The summed E-state index contributed by atoms with van der Waals surface area (Å²) in [6, 6.07) is 13.4. The molecule has 1 saturated heterocycles. The van der Waals surface area contributed by atoms with Gasteiger partial charge in [-0.1, -0.05) is 35.3 Å². The number of aliphatic hydroxyl groups excluding tert-OH is 1. The summed E-state index contributed by atoms with van der Waals surface area (Å²) in [6.45, 7) is 9.79. The quantitative estimate of drug-likeness (QED) is 0.412. The summed E-state index contributed by atoms with van der Waals surface area (Å²) in [5.41, 5.74) is 4.18. The van der Waals surface area contributed by atoms with E-state index in [1.807, 2.05) is 55.7 Å². The molecular formula is C26H33Cl4N5O2. The maximum atomic E-state index is 12.8. The van der Waals surface area contributed by atoms with Crippen molar-refractivity contribution in [3.8, 4) is 5.69 Å². The molecule has 0 aliphatic carbocycles. The number of aliphatic hydroxyl groups is 1. The Balaban J connectivity index is 0.00000241. The Morgan fingerprint density at radius 1 is 1.05 bits per heavy atom. The third-order valence-electron chi connectivity index (χ3n) is 6.48. The number of rotatable bonds is 7. The first-order valence-electron chi connectivity index (χ1n) is 11.7. The molecule has 1 fully saturated rings. The topological polar surface area (TPSA) is 73.6 Å². The number of hydrogen-bond acceptors (Lipinski definition) is 5. The first kappa shape index (κ1) is 31.2. The highest BCUT2D eigenvalue weighted by Crippen LogP contribution is 2.27. The van der Waals surface area contributed by atoms with Gasteiger partial charge in [0.1, 0.15) is 11.5 Å². The minimum absolute atomic E-state index is 0. The van der Waals surface area contributed by atoms with Crippen molar-refractivity contribution < 1.29 is 9.90 Å². The van der Waals surface area contributed by atoms with Crippen LogP contribution < -0.4 is 10.2 Å². The molecule has 202 valence electrons. The fraction of sp³-hybridized carbons (Fsp3) is 0.385. The first-order valence-corrected chi connectivity index (χ1v) is 12.5. The van der Waals surface area contributed by atoms with Gasteiger partial charge in [0, 0.05) is 60.7 Å². The van der Waals surface area contributed by atoms with Gasteiger partial charge in [-0.05, 0) is 56.7 Å². The average molecular weight is 589 g/mol. The van der Waals surface area contributed by atoms with Crippen molar-refractivity contribution in [2.24, 2.45) is 0 Å². The molecule has 1 atom stereocenters. The Morgan fingerprint density at radius 3 is 2.41 bits per heavy atom. The van der Waals surface area contributed by atoms with Crippen molar-refractivity contribution in [1.29, 1.82) is 0 Å². The van der Waals surface area contributed by atoms with Gasteiger partial charge in [0.25, 0.3) is 5.91 Å². The van der Waals surface area contributed by atoms with Gasteiger partial charge in [-0.15, -0.1) is 24.8 Å². The van der Waals surface area contributed by atoms with E-state index in [0.29, 0.717) is 23.1 Å². The number of carbonyl (C=O) groups excluding carboxylic acids is 1.